The molecule has 19 heavy (non-hydrogen) atoms. The van der Waals surface area contributed by atoms with Gasteiger partial charge >= 0.3 is 0 Å². The van der Waals surface area contributed by atoms with Crippen LogP contribution >= 0.6 is 0 Å². The van der Waals surface area contributed by atoms with E-state index in [1.807, 2.05) is 0 Å². The molecule has 1 aromatic heterocycles. The van der Waals surface area contributed by atoms with Crippen LogP contribution < -0.4 is 11.5 Å². The Hall–Kier alpha value is -1.65. The molecule has 0 aromatic carbocycles. The highest BCUT2D eigenvalue weighted by Crippen LogP contribution is 2.24. The van der Waals surface area contributed by atoms with Crippen LogP contribution in [0.1, 0.15) is 0 Å². The second kappa shape index (κ2) is 4.79. The van der Waals surface area contributed by atoms with E-state index in [4.69, 9.17) is 16.2 Å². The third-order valence-corrected chi connectivity index (χ3v) is 4.74. The first-order valence-electron chi connectivity index (χ1n) is 5.52. The Kier molecular flexibility index (Phi) is 3.47. The zero-order valence-corrected chi connectivity index (χ0v) is 11.1. The number of sulfonamides is 1. The number of amides is 1. The Morgan fingerprint density at radius 1 is 1.58 bits per heavy atom. The fourth-order valence-corrected chi connectivity index (χ4v) is 3.57. The molecule has 1 amide bonds. The normalized spacial score (nSPS) is 21.4. The topological polar surface area (TPSA) is 134 Å². The monoisotopic (exact) mass is 289 g/mol. The lowest BCUT2D eigenvalue weighted by molar-refractivity contribution is -0.125. The van der Waals surface area contributed by atoms with Crippen molar-refractivity contribution in [2.24, 2.45) is 12.8 Å². The molecule has 0 bridgehead atoms. The predicted molar refractivity (Wildman–Crippen MR) is 65.3 cm³/mol. The third kappa shape index (κ3) is 2.41. The summed E-state index contributed by atoms with van der Waals surface area (Å²) in [6, 6.07) is -1.03. The zero-order chi connectivity index (χ0) is 14.2. The van der Waals surface area contributed by atoms with Crippen LogP contribution in [0.2, 0.25) is 0 Å². The molecular weight excluding hydrogens is 274 g/mol. The van der Waals surface area contributed by atoms with Gasteiger partial charge in [-0.2, -0.15) is 9.40 Å². The first-order chi connectivity index (χ1) is 8.84. The van der Waals surface area contributed by atoms with E-state index in [1.54, 1.807) is 7.05 Å². The number of ether oxygens (including phenoxy) is 1. The molecule has 10 heteroatoms. The number of hydrogen-bond acceptors (Lipinski definition) is 6. The third-order valence-electron chi connectivity index (χ3n) is 2.82. The van der Waals surface area contributed by atoms with E-state index in [9.17, 15) is 13.2 Å². The first-order valence-corrected chi connectivity index (χ1v) is 6.96. The summed E-state index contributed by atoms with van der Waals surface area (Å²) in [7, 11) is -2.37. The van der Waals surface area contributed by atoms with E-state index in [1.165, 1.54) is 10.9 Å². The van der Waals surface area contributed by atoms with E-state index >= 15 is 0 Å². The lowest BCUT2D eigenvalue weighted by Crippen LogP contribution is -2.54. The molecule has 1 aliphatic heterocycles. The van der Waals surface area contributed by atoms with Crippen molar-refractivity contribution in [2.45, 2.75) is 10.9 Å². The highest BCUT2D eigenvalue weighted by molar-refractivity contribution is 7.89. The van der Waals surface area contributed by atoms with Crippen LogP contribution in [0, 0.1) is 0 Å². The molecule has 106 valence electrons. The molecule has 1 unspecified atom stereocenters. The van der Waals surface area contributed by atoms with Crippen molar-refractivity contribution in [3.63, 3.8) is 0 Å². The molecule has 0 radical (unpaired) electrons. The standard InChI is InChI=1S/C9H15N5O4S/c1-13-4-7(8(10)12-13)19(16,17)14-2-3-18-5-6(14)9(11)15/h4,6H,2-3,5H2,1H3,(H2,10,12)(H2,11,15). The smallest absolute Gasteiger partial charge is 0.249 e. The Balaban J connectivity index is 2.43. The number of nitrogen functional groups attached to an aromatic ring is 1. The molecule has 1 saturated heterocycles. The molecule has 0 spiro atoms. The number of carbonyl (C=O) groups excluding carboxylic acids is 1. The minimum absolute atomic E-state index is 0.0459. The van der Waals surface area contributed by atoms with E-state index in [2.05, 4.69) is 5.10 Å². The summed E-state index contributed by atoms with van der Waals surface area (Å²) >= 11 is 0. The summed E-state index contributed by atoms with van der Waals surface area (Å²) < 4.78 is 32.3. The number of nitrogens with zero attached hydrogens (tertiary/aromatic N) is 3. The van der Waals surface area contributed by atoms with Crippen molar-refractivity contribution in [3.8, 4) is 0 Å². The van der Waals surface area contributed by atoms with Gasteiger partial charge in [0.15, 0.2) is 5.82 Å². The molecule has 2 rings (SSSR count). The Labute approximate surface area is 110 Å². The number of morpholine rings is 1. The Morgan fingerprint density at radius 2 is 2.26 bits per heavy atom. The SMILES string of the molecule is Cn1cc(S(=O)(=O)N2CCOCC2C(N)=O)c(N)n1. The molecule has 1 fully saturated rings. The van der Waals surface area contributed by atoms with E-state index < -0.39 is 22.0 Å². The number of nitrogens with two attached hydrogens (primary N) is 2. The van der Waals surface area contributed by atoms with Gasteiger partial charge in [-0.15, -0.1) is 0 Å². The highest BCUT2D eigenvalue weighted by Gasteiger charge is 2.39. The molecule has 0 saturated carbocycles. The van der Waals surface area contributed by atoms with Crippen LogP contribution in [0.15, 0.2) is 11.1 Å². The van der Waals surface area contributed by atoms with Gasteiger partial charge in [-0.05, 0) is 0 Å². The quantitative estimate of drug-likeness (QED) is 0.653. The molecule has 1 aliphatic rings. The van der Waals surface area contributed by atoms with Crippen molar-refractivity contribution in [1.82, 2.24) is 14.1 Å². The van der Waals surface area contributed by atoms with Crippen LogP contribution in [0.3, 0.4) is 0 Å². The average Bonchev–Trinajstić information content (AvgIpc) is 2.69. The Bertz CT molecular complexity index is 596. The predicted octanol–water partition coefficient (Wildman–Crippen LogP) is -2.12. The van der Waals surface area contributed by atoms with Gasteiger partial charge in [-0.25, -0.2) is 8.42 Å². The number of aryl methyl sites for hydroxylation is 1. The summed E-state index contributed by atoms with van der Waals surface area (Å²) in [5.74, 6) is -0.872. The van der Waals surface area contributed by atoms with Gasteiger partial charge in [-0.1, -0.05) is 0 Å². The van der Waals surface area contributed by atoms with Crippen molar-refractivity contribution in [2.75, 3.05) is 25.5 Å². The molecule has 1 atom stereocenters. The summed E-state index contributed by atoms with van der Waals surface area (Å²) in [6.07, 6.45) is 1.29. The lowest BCUT2D eigenvalue weighted by atomic mass is 10.3. The van der Waals surface area contributed by atoms with Crippen LogP contribution in [-0.4, -0.2) is 54.2 Å². The van der Waals surface area contributed by atoms with Gasteiger partial charge in [0, 0.05) is 19.8 Å². The van der Waals surface area contributed by atoms with Crippen LogP contribution in [0.4, 0.5) is 5.82 Å². The fraction of sp³-hybridized carbons (Fsp3) is 0.556. The summed E-state index contributed by atoms with van der Waals surface area (Å²) in [5, 5.41) is 3.78. The number of hydrogen-bond donors (Lipinski definition) is 2. The molecule has 2 heterocycles. The molecule has 4 N–H and O–H groups in total. The zero-order valence-electron chi connectivity index (χ0n) is 10.3. The average molecular weight is 289 g/mol. The maximum Gasteiger partial charge on any atom is 0.249 e. The highest BCUT2D eigenvalue weighted by atomic mass is 32.2. The number of primary amides is 1. The van der Waals surface area contributed by atoms with Crippen LogP contribution in [0.5, 0.6) is 0 Å². The van der Waals surface area contributed by atoms with E-state index in [0.29, 0.717) is 0 Å². The second-order valence-corrected chi connectivity index (χ2v) is 6.02. The van der Waals surface area contributed by atoms with Gasteiger partial charge in [0.1, 0.15) is 10.9 Å². The number of carbonyl (C=O) groups is 1. The molecular formula is C9H15N5O4S. The maximum atomic E-state index is 12.5. The van der Waals surface area contributed by atoms with E-state index in [-0.39, 0.29) is 30.5 Å². The number of aromatic nitrogens is 2. The van der Waals surface area contributed by atoms with Gasteiger partial charge in [0.05, 0.1) is 13.2 Å². The van der Waals surface area contributed by atoms with Gasteiger partial charge in [-0.3, -0.25) is 9.48 Å². The second-order valence-electron chi connectivity index (χ2n) is 4.16. The lowest BCUT2D eigenvalue weighted by Gasteiger charge is -2.32. The van der Waals surface area contributed by atoms with Crippen molar-refractivity contribution in [1.29, 1.82) is 0 Å². The Morgan fingerprint density at radius 3 is 2.79 bits per heavy atom. The van der Waals surface area contributed by atoms with Crippen LogP contribution in [0.25, 0.3) is 0 Å². The first kappa shape index (κ1) is 13.8. The summed E-state index contributed by atoms with van der Waals surface area (Å²) in [6.45, 7) is 0.183. The maximum absolute atomic E-state index is 12.5. The molecule has 9 nitrogen and oxygen atoms in total. The van der Waals surface area contributed by atoms with Crippen molar-refractivity contribution < 1.29 is 17.9 Å². The van der Waals surface area contributed by atoms with E-state index in [0.717, 1.165) is 4.31 Å². The molecule has 1 aromatic rings. The van der Waals surface area contributed by atoms with Crippen molar-refractivity contribution >= 4 is 21.7 Å². The minimum Gasteiger partial charge on any atom is -0.381 e. The minimum atomic E-state index is -3.92. The molecule has 0 aliphatic carbocycles. The van der Waals surface area contributed by atoms with Gasteiger partial charge in [0.25, 0.3) is 0 Å². The number of rotatable bonds is 3. The summed E-state index contributed by atoms with van der Waals surface area (Å²) in [5.41, 5.74) is 10.8. The van der Waals surface area contributed by atoms with Crippen molar-refractivity contribution in [3.05, 3.63) is 6.20 Å². The largest absolute Gasteiger partial charge is 0.381 e. The van der Waals surface area contributed by atoms with Crippen LogP contribution in [-0.2, 0) is 26.6 Å². The summed E-state index contributed by atoms with van der Waals surface area (Å²) in [4.78, 5) is 11.2. The fourth-order valence-electron chi connectivity index (χ4n) is 1.91. The van der Waals surface area contributed by atoms with Gasteiger partial charge in [0.2, 0.25) is 15.9 Å². The van der Waals surface area contributed by atoms with Gasteiger partial charge < -0.3 is 16.2 Å². The number of anilines is 1.